The van der Waals surface area contributed by atoms with Crippen molar-refractivity contribution in [3.8, 4) is 5.75 Å². The van der Waals surface area contributed by atoms with Gasteiger partial charge in [0.2, 0.25) is 5.91 Å². The van der Waals surface area contributed by atoms with Crippen molar-refractivity contribution in [3.63, 3.8) is 0 Å². The number of benzene rings is 3. The Bertz CT molecular complexity index is 1020. The van der Waals surface area contributed by atoms with Crippen molar-refractivity contribution in [3.05, 3.63) is 76.8 Å². The molecule has 2 amide bonds. The van der Waals surface area contributed by atoms with Gasteiger partial charge in [0.1, 0.15) is 11.8 Å². The summed E-state index contributed by atoms with van der Waals surface area (Å²) in [5.74, 6) is 0.156. The third-order valence-corrected chi connectivity index (χ3v) is 5.89. The molecule has 1 atom stereocenters. The smallest absolute Gasteiger partial charge is 0.261 e. The molecule has 0 radical (unpaired) electrons. The van der Waals surface area contributed by atoms with Gasteiger partial charge >= 0.3 is 0 Å². The molecular weight excluding hydrogens is 444 g/mol. The van der Waals surface area contributed by atoms with E-state index in [-0.39, 0.29) is 18.4 Å². The maximum atomic E-state index is 13.0. The molecule has 0 aliphatic rings. The highest BCUT2D eigenvalue weighted by Gasteiger charge is 2.25. The van der Waals surface area contributed by atoms with Crippen molar-refractivity contribution < 1.29 is 14.3 Å². The van der Waals surface area contributed by atoms with Gasteiger partial charge in [0.15, 0.2) is 6.61 Å². The average molecular weight is 469 g/mol. The van der Waals surface area contributed by atoms with Crippen LogP contribution < -0.4 is 10.1 Å². The standard InChI is InChI=1S/C24H25BrN2O3/c1-17(24(29)26-2)27(15-14-18-8-4-3-5-9-18)22(28)16-30-21-13-12-19-10-6-7-11-20(19)23(21)25/h3-13,17H,14-16H2,1-2H3,(H,26,29)/t17-/m0/s1. The molecule has 6 heteroatoms. The van der Waals surface area contributed by atoms with E-state index in [4.69, 9.17) is 4.74 Å². The first-order valence-electron chi connectivity index (χ1n) is 9.86. The van der Waals surface area contributed by atoms with E-state index in [0.29, 0.717) is 18.7 Å². The van der Waals surface area contributed by atoms with E-state index in [1.807, 2.05) is 66.7 Å². The molecule has 0 saturated carbocycles. The van der Waals surface area contributed by atoms with E-state index < -0.39 is 6.04 Å². The second kappa shape index (κ2) is 10.3. The molecule has 0 bridgehead atoms. The van der Waals surface area contributed by atoms with Gasteiger partial charge < -0.3 is 15.0 Å². The van der Waals surface area contributed by atoms with Crippen LogP contribution in [-0.2, 0) is 16.0 Å². The molecule has 3 aromatic rings. The zero-order chi connectivity index (χ0) is 21.5. The summed E-state index contributed by atoms with van der Waals surface area (Å²) in [5.41, 5.74) is 1.11. The summed E-state index contributed by atoms with van der Waals surface area (Å²) in [7, 11) is 1.57. The molecule has 0 aliphatic carbocycles. The van der Waals surface area contributed by atoms with E-state index in [9.17, 15) is 9.59 Å². The molecule has 0 unspecified atom stereocenters. The van der Waals surface area contributed by atoms with Crippen LogP contribution in [0.1, 0.15) is 12.5 Å². The Labute approximate surface area is 185 Å². The van der Waals surface area contributed by atoms with Crippen LogP contribution in [0.4, 0.5) is 0 Å². The van der Waals surface area contributed by atoms with Crippen LogP contribution in [0.25, 0.3) is 10.8 Å². The van der Waals surface area contributed by atoms with Crippen LogP contribution in [0.5, 0.6) is 5.75 Å². The molecule has 0 heterocycles. The molecule has 3 aromatic carbocycles. The van der Waals surface area contributed by atoms with Gasteiger partial charge in [0.05, 0.1) is 4.47 Å². The lowest BCUT2D eigenvalue weighted by molar-refractivity contribution is -0.141. The topological polar surface area (TPSA) is 58.6 Å². The fourth-order valence-corrected chi connectivity index (χ4v) is 3.93. The monoisotopic (exact) mass is 468 g/mol. The fraction of sp³-hybridized carbons (Fsp3) is 0.250. The number of nitrogens with one attached hydrogen (secondary N) is 1. The predicted octanol–water partition coefficient (Wildman–Crippen LogP) is 4.19. The van der Waals surface area contributed by atoms with Gasteiger partial charge in [-0.15, -0.1) is 0 Å². The first-order valence-corrected chi connectivity index (χ1v) is 10.7. The van der Waals surface area contributed by atoms with Crippen LogP contribution in [0.3, 0.4) is 0 Å². The number of carbonyl (C=O) groups excluding carboxylic acids is 2. The van der Waals surface area contributed by atoms with Gasteiger partial charge in [-0.1, -0.05) is 60.7 Å². The number of halogens is 1. The molecule has 0 aromatic heterocycles. The van der Waals surface area contributed by atoms with Gasteiger partial charge in [0.25, 0.3) is 5.91 Å². The zero-order valence-corrected chi connectivity index (χ0v) is 18.7. The number of ether oxygens (including phenoxy) is 1. The van der Waals surface area contributed by atoms with Crippen LogP contribution in [0, 0.1) is 0 Å². The summed E-state index contributed by atoms with van der Waals surface area (Å²) < 4.78 is 6.64. The lowest BCUT2D eigenvalue weighted by atomic mass is 10.1. The SMILES string of the molecule is CNC(=O)[C@H](C)N(CCc1ccccc1)C(=O)COc1ccc2ccccc2c1Br. The van der Waals surface area contributed by atoms with Crippen LogP contribution in [0.2, 0.25) is 0 Å². The number of hydrogen-bond donors (Lipinski definition) is 1. The highest BCUT2D eigenvalue weighted by Crippen LogP contribution is 2.33. The molecule has 30 heavy (non-hydrogen) atoms. The van der Waals surface area contributed by atoms with E-state index in [1.54, 1.807) is 18.9 Å². The van der Waals surface area contributed by atoms with E-state index >= 15 is 0 Å². The second-order valence-corrected chi connectivity index (χ2v) is 7.79. The Hall–Kier alpha value is -2.86. The lowest BCUT2D eigenvalue weighted by Crippen LogP contribution is -2.49. The fourth-order valence-electron chi connectivity index (χ4n) is 3.33. The Morgan fingerprint density at radius 3 is 2.47 bits per heavy atom. The van der Waals surface area contributed by atoms with Crippen LogP contribution in [0.15, 0.2) is 71.2 Å². The summed E-state index contributed by atoms with van der Waals surface area (Å²) >= 11 is 3.58. The van der Waals surface area contributed by atoms with Gasteiger partial charge in [-0.05, 0) is 51.7 Å². The molecule has 0 saturated heterocycles. The first kappa shape index (κ1) is 21.8. The minimum atomic E-state index is -0.588. The molecule has 1 N–H and O–H groups in total. The van der Waals surface area contributed by atoms with Crippen molar-refractivity contribution in [2.45, 2.75) is 19.4 Å². The summed E-state index contributed by atoms with van der Waals surface area (Å²) in [6, 6.07) is 21.1. The Morgan fingerprint density at radius 2 is 1.73 bits per heavy atom. The maximum absolute atomic E-state index is 13.0. The van der Waals surface area contributed by atoms with Gasteiger partial charge in [-0.3, -0.25) is 9.59 Å². The third kappa shape index (κ3) is 5.19. The number of hydrogen-bond acceptors (Lipinski definition) is 3. The summed E-state index contributed by atoms with van der Waals surface area (Å²) in [6.07, 6.45) is 0.660. The Kier molecular flexibility index (Phi) is 7.46. The van der Waals surface area contributed by atoms with Crippen LogP contribution >= 0.6 is 15.9 Å². The number of rotatable bonds is 8. The zero-order valence-electron chi connectivity index (χ0n) is 17.1. The lowest BCUT2D eigenvalue weighted by Gasteiger charge is -2.28. The van der Waals surface area contributed by atoms with Crippen molar-refractivity contribution >= 4 is 38.5 Å². The van der Waals surface area contributed by atoms with E-state index in [2.05, 4.69) is 21.2 Å². The quantitative estimate of drug-likeness (QED) is 0.539. The van der Waals surface area contributed by atoms with Gasteiger partial charge in [-0.25, -0.2) is 0 Å². The minimum Gasteiger partial charge on any atom is -0.483 e. The van der Waals surface area contributed by atoms with Gasteiger partial charge in [-0.2, -0.15) is 0 Å². The Balaban J connectivity index is 1.72. The van der Waals surface area contributed by atoms with Crippen molar-refractivity contribution in [1.29, 1.82) is 0 Å². The Morgan fingerprint density at radius 1 is 1.03 bits per heavy atom. The molecular formula is C24H25BrN2O3. The van der Waals surface area contributed by atoms with E-state index in [0.717, 1.165) is 20.8 Å². The van der Waals surface area contributed by atoms with Gasteiger partial charge in [0, 0.05) is 13.6 Å². The number of amides is 2. The molecule has 0 spiro atoms. The highest BCUT2D eigenvalue weighted by atomic mass is 79.9. The van der Waals surface area contributed by atoms with E-state index in [1.165, 1.54) is 0 Å². The highest BCUT2D eigenvalue weighted by molar-refractivity contribution is 9.10. The molecule has 0 aliphatic heterocycles. The summed E-state index contributed by atoms with van der Waals surface area (Å²) in [4.78, 5) is 26.7. The number of nitrogens with zero attached hydrogens (tertiary/aromatic N) is 1. The first-order chi connectivity index (χ1) is 14.5. The molecule has 5 nitrogen and oxygen atoms in total. The summed E-state index contributed by atoms with van der Waals surface area (Å²) in [6.45, 7) is 2.01. The minimum absolute atomic E-state index is 0.146. The second-order valence-electron chi connectivity index (χ2n) is 7.00. The van der Waals surface area contributed by atoms with Crippen molar-refractivity contribution in [1.82, 2.24) is 10.2 Å². The maximum Gasteiger partial charge on any atom is 0.261 e. The van der Waals surface area contributed by atoms with Crippen molar-refractivity contribution in [2.24, 2.45) is 0 Å². The molecule has 3 rings (SSSR count). The normalized spacial score (nSPS) is 11.7. The number of fused-ring (bicyclic) bond motifs is 1. The number of carbonyl (C=O) groups is 2. The van der Waals surface area contributed by atoms with Crippen LogP contribution in [-0.4, -0.2) is 43.0 Å². The molecule has 0 fully saturated rings. The number of likely N-dealkylation sites (N-methyl/N-ethyl adjacent to an activating group) is 1. The predicted molar refractivity (Wildman–Crippen MR) is 123 cm³/mol. The van der Waals surface area contributed by atoms with Crippen molar-refractivity contribution in [2.75, 3.05) is 20.2 Å². The third-order valence-electron chi connectivity index (χ3n) is 5.08. The average Bonchev–Trinajstić information content (AvgIpc) is 2.79. The largest absolute Gasteiger partial charge is 0.483 e. The molecule has 156 valence electrons. The summed E-state index contributed by atoms with van der Waals surface area (Å²) in [5, 5.41) is 4.72.